The average molecular weight is 200 g/mol. The van der Waals surface area contributed by atoms with E-state index in [9.17, 15) is 14.7 Å². The lowest BCUT2D eigenvalue weighted by Crippen LogP contribution is -2.42. The fourth-order valence-corrected chi connectivity index (χ4v) is 1.71. The van der Waals surface area contributed by atoms with E-state index in [2.05, 4.69) is 5.32 Å². The fraction of sp³-hybridized carbons (Fsp3) is 0.778. The highest BCUT2D eigenvalue weighted by Gasteiger charge is 2.39. The second kappa shape index (κ2) is 3.96. The minimum Gasteiger partial charge on any atom is -0.365 e. The Bertz CT molecular complexity index is 252. The monoisotopic (exact) mass is 200 g/mol. The maximum atomic E-state index is 11.3. The Morgan fingerprint density at radius 3 is 2.36 bits per heavy atom. The molecular formula is C9H16N2O3. The number of hydrogen-bond donors (Lipinski definition) is 2. The number of imide groups is 1. The minimum atomic E-state index is -1.32. The summed E-state index contributed by atoms with van der Waals surface area (Å²) >= 11 is 0. The number of aliphatic hydroxyl groups excluding tert-OH is 1. The molecule has 2 N–H and O–H groups in total. The Morgan fingerprint density at radius 2 is 2.00 bits per heavy atom. The molecule has 1 aliphatic heterocycles. The molecule has 1 fully saturated rings. The Morgan fingerprint density at radius 1 is 1.43 bits per heavy atom. The number of aliphatic hydroxyl groups is 1. The van der Waals surface area contributed by atoms with Gasteiger partial charge < -0.3 is 5.11 Å². The molecule has 0 saturated carbocycles. The number of rotatable bonds is 3. The number of carbonyl (C=O) groups is 2. The van der Waals surface area contributed by atoms with Gasteiger partial charge in [-0.05, 0) is 19.3 Å². The van der Waals surface area contributed by atoms with Crippen LogP contribution in [0.3, 0.4) is 0 Å². The summed E-state index contributed by atoms with van der Waals surface area (Å²) in [7, 11) is 0. The topological polar surface area (TPSA) is 69.6 Å². The SMILES string of the molecule is CC(C)CC(C)N1C(=O)NC(=O)C1O. The standard InChI is InChI=1S/C9H16N2O3/c1-5(2)4-6(3)11-8(13)7(12)10-9(11)14/h5-6,8,13H,4H2,1-3H3,(H,10,12,14). The molecule has 1 saturated heterocycles. The summed E-state index contributed by atoms with van der Waals surface area (Å²) in [6.45, 7) is 5.87. The van der Waals surface area contributed by atoms with E-state index in [1.54, 1.807) is 0 Å². The molecule has 5 nitrogen and oxygen atoms in total. The summed E-state index contributed by atoms with van der Waals surface area (Å²) in [5.41, 5.74) is 0. The van der Waals surface area contributed by atoms with Gasteiger partial charge in [-0.3, -0.25) is 15.0 Å². The number of carbonyl (C=O) groups excluding carboxylic acids is 2. The maximum absolute atomic E-state index is 11.3. The first-order valence-corrected chi connectivity index (χ1v) is 4.74. The molecule has 1 rings (SSSR count). The van der Waals surface area contributed by atoms with Crippen molar-refractivity contribution >= 4 is 11.9 Å². The molecule has 0 aliphatic carbocycles. The summed E-state index contributed by atoms with van der Waals surface area (Å²) < 4.78 is 0. The lowest BCUT2D eigenvalue weighted by atomic mass is 10.0. The minimum absolute atomic E-state index is 0.128. The van der Waals surface area contributed by atoms with Crippen molar-refractivity contribution in [2.24, 2.45) is 5.92 Å². The highest BCUT2D eigenvalue weighted by atomic mass is 16.3. The Balaban J connectivity index is 2.67. The summed E-state index contributed by atoms with van der Waals surface area (Å²) in [6.07, 6.45) is -0.561. The first-order chi connectivity index (χ1) is 6.43. The van der Waals surface area contributed by atoms with Crippen LogP contribution in [0.5, 0.6) is 0 Å². The van der Waals surface area contributed by atoms with Crippen LogP contribution in [0.15, 0.2) is 0 Å². The molecule has 0 aromatic rings. The van der Waals surface area contributed by atoms with Gasteiger partial charge in [-0.15, -0.1) is 0 Å². The molecule has 80 valence electrons. The van der Waals surface area contributed by atoms with Crippen LogP contribution >= 0.6 is 0 Å². The number of nitrogens with zero attached hydrogens (tertiary/aromatic N) is 1. The van der Waals surface area contributed by atoms with Crippen LogP contribution in [-0.4, -0.2) is 34.2 Å². The molecule has 0 spiro atoms. The largest absolute Gasteiger partial charge is 0.365 e. The number of urea groups is 1. The van der Waals surface area contributed by atoms with E-state index in [4.69, 9.17) is 0 Å². The Labute approximate surface area is 83.1 Å². The summed E-state index contributed by atoms with van der Waals surface area (Å²) in [6, 6.07) is -0.632. The molecule has 0 radical (unpaired) electrons. The zero-order chi connectivity index (χ0) is 10.9. The van der Waals surface area contributed by atoms with Crippen molar-refractivity contribution in [3.63, 3.8) is 0 Å². The van der Waals surface area contributed by atoms with Gasteiger partial charge in [0.05, 0.1) is 0 Å². The van der Waals surface area contributed by atoms with Gasteiger partial charge in [-0.2, -0.15) is 0 Å². The first kappa shape index (κ1) is 11.0. The molecule has 0 aromatic carbocycles. The lowest BCUT2D eigenvalue weighted by molar-refractivity contribution is -0.131. The lowest BCUT2D eigenvalue weighted by Gasteiger charge is -2.26. The zero-order valence-corrected chi connectivity index (χ0v) is 8.65. The van der Waals surface area contributed by atoms with Crippen LogP contribution in [0.25, 0.3) is 0 Å². The summed E-state index contributed by atoms with van der Waals surface area (Å²) in [4.78, 5) is 23.4. The van der Waals surface area contributed by atoms with Gasteiger partial charge in [0.2, 0.25) is 6.23 Å². The van der Waals surface area contributed by atoms with Crippen molar-refractivity contribution < 1.29 is 14.7 Å². The van der Waals surface area contributed by atoms with Gasteiger partial charge in [-0.1, -0.05) is 13.8 Å². The van der Waals surface area contributed by atoms with Crippen molar-refractivity contribution in [1.29, 1.82) is 0 Å². The maximum Gasteiger partial charge on any atom is 0.326 e. The fourth-order valence-electron chi connectivity index (χ4n) is 1.71. The zero-order valence-electron chi connectivity index (χ0n) is 8.65. The summed E-state index contributed by atoms with van der Waals surface area (Å²) in [5.74, 6) is -0.216. The molecule has 3 amide bonds. The summed E-state index contributed by atoms with van der Waals surface area (Å²) in [5, 5.41) is 11.5. The quantitative estimate of drug-likeness (QED) is 0.643. The van der Waals surface area contributed by atoms with Crippen molar-refractivity contribution in [2.45, 2.75) is 39.5 Å². The van der Waals surface area contributed by atoms with Crippen molar-refractivity contribution in [1.82, 2.24) is 10.2 Å². The van der Waals surface area contributed by atoms with Crippen molar-refractivity contribution in [3.8, 4) is 0 Å². The third-order valence-corrected chi connectivity index (χ3v) is 2.25. The molecule has 0 bridgehead atoms. The van der Waals surface area contributed by atoms with Crippen LogP contribution in [0, 0.1) is 5.92 Å². The first-order valence-electron chi connectivity index (χ1n) is 4.74. The van der Waals surface area contributed by atoms with Crippen molar-refractivity contribution in [3.05, 3.63) is 0 Å². The molecule has 1 aliphatic rings. The molecule has 2 unspecified atom stereocenters. The second-order valence-electron chi connectivity index (χ2n) is 4.05. The third-order valence-electron chi connectivity index (χ3n) is 2.25. The van der Waals surface area contributed by atoms with Gasteiger partial charge in [0.15, 0.2) is 0 Å². The number of hydrogen-bond acceptors (Lipinski definition) is 3. The second-order valence-corrected chi connectivity index (χ2v) is 4.05. The van der Waals surface area contributed by atoms with Crippen LogP contribution in [0.1, 0.15) is 27.2 Å². The average Bonchev–Trinajstić information content (AvgIpc) is 2.25. The predicted octanol–water partition coefficient (Wildman–Crippen LogP) is 0.291. The van der Waals surface area contributed by atoms with E-state index in [-0.39, 0.29) is 6.04 Å². The van der Waals surface area contributed by atoms with Crippen LogP contribution < -0.4 is 5.32 Å². The number of nitrogens with one attached hydrogen (secondary N) is 1. The van der Waals surface area contributed by atoms with Crippen LogP contribution in [0.2, 0.25) is 0 Å². The van der Waals surface area contributed by atoms with E-state index in [0.717, 1.165) is 6.42 Å². The van der Waals surface area contributed by atoms with E-state index in [1.165, 1.54) is 4.90 Å². The van der Waals surface area contributed by atoms with Gasteiger partial charge in [0.1, 0.15) is 0 Å². The van der Waals surface area contributed by atoms with E-state index in [1.807, 2.05) is 20.8 Å². The predicted molar refractivity (Wildman–Crippen MR) is 50.3 cm³/mol. The van der Waals surface area contributed by atoms with Crippen LogP contribution in [-0.2, 0) is 4.79 Å². The molecule has 2 atom stereocenters. The highest BCUT2D eigenvalue weighted by Crippen LogP contribution is 2.16. The Hall–Kier alpha value is -1.10. The van der Waals surface area contributed by atoms with E-state index in [0.29, 0.717) is 5.92 Å². The molecular weight excluding hydrogens is 184 g/mol. The Kier molecular flexibility index (Phi) is 3.10. The smallest absolute Gasteiger partial charge is 0.326 e. The highest BCUT2D eigenvalue weighted by molar-refractivity contribution is 6.03. The molecule has 1 heterocycles. The van der Waals surface area contributed by atoms with Crippen molar-refractivity contribution in [2.75, 3.05) is 0 Å². The van der Waals surface area contributed by atoms with Gasteiger partial charge >= 0.3 is 6.03 Å². The third kappa shape index (κ3) is 2.04. The van der Waals surface area contributed by atoms with E-state index >= 15 is 0 Å². The number of amides is 3. The van der Waals surface area contributed by atoms with E-state index < -0.39 is 18.2 Å². The molecule has 0 aromatic heterocycles. The normalized spacial score (nSPS) is 24.4. The van der Waals surface area contributed by atoms with Gasteiger partial charge in [-0.25, -0.2) is 4.79 Å². The van der Waals surface area contributed by atoms with Gasteiger partial charge in [0, 0.05) is 6.04 Å². The van der Waals surface area contributed by atoms with Crippen LogP contribution in [0.4, 0.5) is 4.79 Å². The molecule has 14 heavy (non-hydrogen) atoms. The molecule has 5 heteroatoms. The van der Waals surface area contributed by atoms with Gasteiger partial charge in [0.25, 0.3) is 5.91 Å².